The Morgan fingerprint density at radius 1 is 1.14 bits per heavy atom. The second-order valence-corrected chi connectivity index (χ2v) is 5.87. The number of benzene rings is 1. The van der Waals surface area contributed by atoms with E-state index in [0.717, 1.165) is 36.9 Å². The van der Waals surface area contributed by atoms with Crippen molar-refractivity contribution in [1.29, 1.82) is 0 Å². The molecular weight excluding hydrogens is 264 g/mol. The van der Waals surface area contributed by atoms with E-state index in [4.69, 9.17) is 0 Å². The van der Waals surface area contributed by atoms with Crippen molar-refractivity contribution in [3.63, 3.8) is 0 Å². The fraction of sp³-hybridized carbons (Fsp3) is 0.529. The fourth-order valence-corrected chi connectivity index (χ4v) is 2.67. The minimum absolute atomic E-state index is 0.0648. The molecule has 0 aliphatic heterocycles. The lowest BCUT2D eigenvalue weighted by molar-refractivity contribution is -0.124. The van der Waals surface area contributed by atoms with Gasteiger partial charge in [-0.05, 0) is 49.9 Å². The Kier molecular flexibility index (Phi) is 5.37. The first-order valence-electron chi connectivity index (χ1n) is 7.71. The van der Waals surface area contributed by atoms with Gasteiger partial charge < -0.3 is 10.6 Å². The molecule has 1 aromatic carbocycles. The molecule has 2 amide bonds. The van der Waals surface area contributed by atoms with Crippen LogP contribution < -0.4 is 10.6 Å². The average Bonchev–Trinajstić information content (AvgIpc) is 2.97. The summed E-state index contributed by atoms with van der Waals surface area (Å²) in [6, 6.07) is 5.86. The lowest BCUT2D eigenvalue weighted by atomic mass is 10.1. The molecule has 2 N–H and O–H groups in total. The number of nitrogens with one attached hydrogen (secondary N) is 2. The molecule has 21 heavy (non-hydrogen) atoms. The van der Waals surface area contributed by atoms with E-state index in [-0.39, 0.29) is 17.7 Å². The van der Waals surface area contributed by atoms with Crippen molar-refractivity contribution < 1.29 is 9.59 Å². The van der Waals surface area contributed by atoms with Crippen molar-refractivity contribution in [1.82, 2.24) is 5.32 Å². The first-order chi connectivity index (χ1) is 10.1. The lowest BCUT2D eigenvalue weighted by Crippen LogP contribution is -2.32. The molecule has 1 fully saturated rings. The van der Waals surface area contributed by atoms with Crippen LogP contribution in [-0.4, -0.2) is 18.4 Å². The predicted octanol–water partition coefficient (Wildman–Crippen LogP) is 2.94. The number of amides is 2. The molecule has 1 aliphatic carbocycles. The Balaban J connectivity index is 1.71. The highest BCUT2D eigenvalue weighted by molar-refractivity contribution is 5.91. The van der Waals surface area contributed by atoms with Crippen LogP contribution in [0.2, 0.25) is 0 Å². The maximum atomic E-state index is 11.8. The van der Waals surface area contributed by atoms with Crippen LogP contribution in [0.3, 0.4) is 0 Å². The zero-order valence-electron chi connectivity index (χ0n) is 12.9. The van der Waals surface area contributed by atoms with Crippen molar-refractivity contribution >= 4 is 17.5 Å². The highest BCUT2D eigenvalue weighted by atomic mass is 16.2. The molecule has 1 aliphatic rings. The molecule has 0 unspecified atom stereocenters. The van der Waals surface area contributed by atoms with Crippen molar-refractivity contribution in [3.8, 4) is 0 Å². The summed E-state index contributed by atoms with van der Waals surface area (Å²) in [5.41, 5.74) is 3.17. The Hall–Kier alpha value is -1.84. The topological polar surface area (TPSA) is 58.2 Å². The van der Waals surface area contributed by atoms with Crippen molar-refractivity contribution in [2.24, 2.45) is 5.92 Å². The monoisotopic (exact) mass is 288 g/mol. The van der Waals surface area contributed by atoms with Crippen LogP contribution in [-0.2, 0) is 9.59 Å². The number of hydrogen-bond donors (Lipinski definition) is 2. The Morgan fingerprint density at radius 2 is 1.86 bits per heavy atom. The summed E-state index contributed by atoms with van der Waals surface area (Å²) in [5.74, 6) is 0.198. The minimum Gasteiger partial charge on any atom is -0.355 e. The smallest absolute Gasteiger partial charge is 0.226 e. The molecule has 0 radical (unpaired) electrons. The summed E-state index contributed by atoms with van der Waals surface area (Å²) >= 11 is 0. The third-order valence-electron chi connectivity index (χ3n) is 4.17. The summed E-state index contributed by atoms with van der Waals surface area (Å²) in [5, 5.41) is 5.73. The highest BCUT2D eigenvalue weighted by Crippen LogP contribution is 2.24. The number of carbonyl (C=O) groups excluding carboxylic acids is 2. The van der Waals surface area contributed by atoms with E-state index in [0.29, 0.717) is 13.0 Å². The van der Waals surface area contributed by atoms with Crippen LogP contribution in [0.4, 0.5) is 5.69 Å². The Bertz CT molecular complexity index is 520. The first-order valence-corrected chi connectivity index (χ1v) is 7.71. The van der Waals surface area contributed by atoms with Gasteiger partial charge in [0.15, 0.2) is 0 Å². The lowest BCUT2D eigenvalue weighted by Gasteiger charge is -2.11. The van der Waals surface area contributed by atoms with Gasteiger partial charge in [0, 0.05) is 24.6 Å². The van der Waals surface area contributed by atoms with Gasteiger partial charge in [-0.15, -0.1) is 0 Å². The number of hydrogen-bond acceptors (Lipinski definition) is 2. The second kappa shape index (κ2) is 7.25. The first kappa shape index (κ1) is 15.5. The Morgan fingerprint density at radius 3 is 2.52 bits per heavy atom. The molecule has 1 aromatic rings. The molecular formula is C17H24N2O2. The van der Waals surface area contributed by atoms with Crippen molar-refractivity contribution in [2.45, 2.75) is 46.0 Å². The second-order valence-electron chi connectivity index (χ2n) is 5.87. The van der Waals surface area contributed by atoms with Crippen LogP contribution in [0.25, 0.3) is 0 Å². The number of aryl methyl sites for hydroxylation is 2. The van der Waals surface area contributed by atoms with Crippen LogP contribution in [0.1, 0.15) is 43.2 Å². The van der Waals surface area contributed by atoms with Gasteiger partial charge in [0.1, 0.15) is 0 Å². The largest absolute Gasteiger partial charge is 0.355 e. The zero-order chi connectivity index (χ0) is 15.2. The number of anilines is 1. The predicted molar refractivity (Wildman–Crippen MR) is 84.1 cm³/mol. The quantitative estimate of drug-likeness (QED) is 0.875. The van der Waals surface area contributed by atoms with Crippen molar-refractivity contribution in [2.75, 3.05) is 11.9 Å². The number of rotatable bonds is 5. The molecule has 0 heterocycles. The van der Waals surface area contributed by atoms with Gasteiger partial charge in [0.25, 0.3) is 0 Å². The molecule has 0 atom stereocenters. The van der Waals surface area contributed by atoms with Crippen LogP contribution in [0.5, 0.6) is 0 Å². The van der Waals surface area contributed by atoms with Gasteiger partial charge in [-0.1, -0.05) is 18.9 Å². The SMILES string of the molecule is Cc1ccc(NC(=O)CCNC(=O)C2CCCC2)cc1C. The number of carbonyl (C=O) groups is 2. The van der Waals surface area contributed by atoms with E-state index in [1.165, 1.54) is 5.56 Å². The van der Waals surface area contributed by atoms with Gasteiger partial charge in [0.05, 0.1) is 0 Å². The zero-order valence-corrected chi connectivity index (χ0v) is 12.9. The Labute approximate surface area is 126 Å². The maximum Gasteiger partial charge on any atom is 0.226 e. The van der Waals surface area contributed by atoms with Gasteiger partial charge >= 0.3 is 0 Å². The molecule has 1 saturated carbocycles. The van der Waals surface area contributed by atoms with Crippen LogP contribution in [0, 0.1) is 19.8 Å². The molecule has 0 saturated heterocycles. The molecule has 0 aromatic heterocycles. The highest BCUT2D eigenvalue weighted by Gasteiger charge is 2.22. The van der Waals surface area contributed by atoms with Crippen LogP contribution >= 0.6 is 0 Å². The molecule has 114 valence electrons. The summed E-state index contributed by atoms with van der Waals surface area (Å²) in [6.45, 7) is 4.47. The van der Waals surface area contributed by atoms with Gasteiger partial charge in [-0.3, -0.25) is 9.59 Å². The van der Waals surface area contributed by atoms with E-state index in [1.54, 1.807) is 0 Å². The van der Waals surface area contributed by atoms with Crippen LogP contribution in [0.15, 0.2) is 18.2 Å². The average molecular weight is 288 g/mol. The molecule has 4 heteroatoms. The van der Waals surface area contributed by atoms with Crippen molar-refractivity contribution in [3.05, 3.63) is 29.3 Å². The third kappa shape index (κ3) is 4.59. The van der Waals surface area contributed by atoms with Gasteiger partial charge in [-0.2, -0.15) is 0 Å². The molecule has 0 spiro atoms. The standard InChI is InChI=1S/C17H24N2O2/c1-12-7-8-15(11-13(12)2)19-16(20)9-10-18-17(21)14-5-3-4-6-14/h7-8,11,14H,3-6,9-10H2,1-2H3,(H,18,21)(H,19,20). The summed E-state index contributed by atoms with van der Waals surface area (Å²) in [6.07, 6.45) is 4.57. The fourth-order valence-electron chi connectivity index (χ4n) is 2.67. The van der Waals surface area contributed by atoms with E-state index >= 15 is 0 Å². The summed E-state index contributed by atoms with van der Waals surface area (Å²) in [4.78, 5) is 23.7. The molecule has 2 rings (SSSR count). The van der Waals surface area contributed by atoms with E-state index < -0.39 is 0 Å². The third-order valence-corrected chi connectivity index (χ3v) is 4.17. The molecule has 4 nitrogen and oxygen atoms in total. The van der Waals surface area contributed by atoms with Gasteiger partial charge in [-0.25, -0.2) is 0 Å². The van der Waals surface area contributed by atoms with E-state index in [2.05, 4.69) is 10.6 Å². The minimum atomic E-state index is -0.0648. The van der Waals surface area contributed by atoms with E-state index in [1.807, 2.05) is 32.0 Å². The maximum absolute atomic E-state index is 11.8. The van der Waals surface area contributed by atoms with E-state index in [9.17, 15) is 9.59 Å². The summed E-state index contributed by atoms with van der Waals surface area (Å²) in [7, 11) is 0. The molecule has 0 bridgehead atoms. The normalized spacial score (nSPS) is 15.0. The van der Waals surface area contributed by atoms with Gasteiger partial charge in [0.2, 0.25) is 11.8 Å². The summed E-state index contributed by atoms with van der Waals surface area (Å²) < 4.78 is 0.